The van der Waals surface area contributed by atoms with Crippen LogP contribution in [0.2, 0.25) is 0 Å². The van der Waals surface area contributed by atoms with E-state index in [1.165, 1.54) is 5.56 Å². The molecule has 0 saturated carbocycles. The Morgan fingerprint density at radius 2 is 2.05 bits per heavy atom. The fourth-order valence-electron chi connectivity index (χ4n) is 1.89. The number of hydrogen-bond acceptors (Lipinski definition) is 3. The Labute approximate surface area is 118 Å². The molecule has 3 nitrogen and oxygen atoms in total. The van der Waals surface area contributed by atoms with Gasteiger partial charge >= 0.3 is 0 Å². The summed E-state index contributed by atoms with van der Waals surface area (Å²) in [6, 6.07) is 4.18. The Morgan fingerprint density at radius 1 is 1.37 bits per heavy atom. The average molecular weight is 263 g/mol. The zero-order valence-electron chi connectivity index (χ0n) is 13.3. The second kappa shape index (κ2) is 6.90. The van der Waals surface area contributed by atoms with E-state index in [1.807, 2.05) is 12.3 Å². The molecule has 0 aromatic carbocycles. The fraction of sp³-hybridized carbons (Fsp3) is 0.688. The van der Waals surface area contributed by atoms with E-state index in [4.69, 9.17) is 0 Å². The fourth-order valence-corrected chi connectivity index (χ4v) is 1.89. The summed E-state index contributed by atoms with van der Waals surface area (Å²) in [4.78, 5) is 6.87. The molecular formula is C16H29N3. The minimum Gasteiger partial charge on any atom is -0.354 e. The number of pyridine rings is 1. The lowest BCUT2D eigenvalue weighted by molar-refractivity contribution is 0.464. The third kappa shape index (κ3) is 4.50. The molecule has 0 aliphatic carbocycles. The van der Waals surface area contributed by atoms with Crippen LogP contribution in [0.4, 0.5) is 5.82 Å². The maximum absolute atomic E-state index is 4.58. The molecule has 1 N–H and O–H groups in total. The Morgan fingerprint density at radius 3 is 2.63 bits per heavy atom. The van der Waals surface area contributed by atoms with Crippen molar-refractivity contribution in [1.29, 1.82) is 0 Å². The summed E-state index contributed by atoms with van der Waals surface area (Å²) >= 11 is 0. The summed E-state index contributed by atoms with van der Waals surface area (Å²) in [7, 11) is 2.14. The van der Waals surface area contributed by atoms with Gasteiger partial charge in [0.05, 0.1) is 0 Å². The van der Waals surface area contributed by atoms with Gasteiger partial charge in [0.2, 0.25) is 0 Å². The highest BCUT2D eigenvalue weighted by molar-refractivity contribution is 5.48. The number of aromatic nitrogens is 1. The van der Waals surface area contributed by atoms with Crippen LogP contribution in [0.25, 0.3) is 0 Å². The molecule has 1 aromatic heterocycles. The van der Waals surface area contributed by atoms with Gasteiger partial charge in [-0.25, -0.2) is 4.98 Å². The van der Waals surface area contributed by atoms with Crippen molar-refractivity contribution in [2.45, 2.75) is 53.1 Å². The first-order valence-corrected chi connectivity index (χ1v) is 7.27. The van der Waals surface area contributed by atoms with Crippen LogP contribution in [0, 0.1) is 5.92 Å². The topological polar surface area (TPSA) is 28.2 Å². The van der Waals surface area contributed by atoms with Crippen molar-refractivity contribution in [3.8, 4) is 0 Å². The molecule has 0 amide bonds. The molecule has 1 heterocycles. The van der Waals surface area contributed by atoms with Crippen molar-refractivity contribution in [3.63, 3.8) is 0 Å². The number of rotatable bonds is 7. The molecule has 0 fully saturated rings. The average Bonchev–Trinajstić information content (AvgIpc) is 2.38. The molecular weight excluding hydrogens is 234 g/mol. The highest BCUT2D eigenvalue weighted by Crippen LogP contribution is 2.25. The number of nitrogens with zero attached hydrogens (tertiary/aromatic N) is 2. The van der Waals surface area contributed by atoms with Crippen molar-refractivity contribution in [1.82, 2.24) is 10.3 Å². The van der Waals surface area contributed by atoms with Crippen molar-refractivity contribution < 1.29 is 0 Å². The molecule has 0 atom stereocenters. The molecule has 0 radical (unpaired) electrons. The van der Waals surface area contributed by atoms with Gasteiger partial charge in [-0.3, -0.25) is 0 Å². The van der Waals surface area contributed by atoms with Gasteiger partial charge in [0, 0.05) is 30.9 Å². The Balaban J connectivity index is 2.83. The summed E-state index contributed by atoms with van der Waals surface area (Å²) in [5, 5.41) is 3.50. The van der Waals surface area contributed by atoms with Crippen LogP contribution in [-0.2, 0) is 6.54 Å². The van der Waals surface area contributed by atoms with Gasteiger partial charge in [-0.05, 0) is 38.8 Å². The molecule has 19 heavy (non-hydrogen) atoms. The van der Waals surface area contributed by atoms with Crippen LogP contribution in [0.3, 0.4) is 0 Å². The first kappa shape index (κ1) is 16.0. The van der Waals surface area contributed by atoms with E-state index in [0.29, 0.717) is 5.92 Å². The van der Waals surface area contributed by atoms with Gasteiger partial charge in [0.25, 0.3) is 0 Å². The van der Waals surface area contributed by atoms with E-state index in [-0.39, 0.29) is 5.54 Å². The summed E-state index contributed by atoms with van der Waals surface area (Å²) < 4.78 is 0. The van der Waals surface area contributed by atoms with E-state index in [0.717, 1.165) is 25.3 Å². The van der Waals surface area contributed by atoms with Crippen molar-refractivity contribution in [2.75, 3.05) is 18.5 Å². The second-order valence-corrected chi connectivity index (χ2v) is 6.24. The van der Waals surface area contributed by atoms with Crippen molar-refractivity contribution >= 4 is 5.82 Å². The van der Waals surface area contributed by atoms with Gasteiger partial charge in [0.15, 0.2) is 0 Å². The highest BCUT2D eigenvalue weighted by Gasteiger charge is 2.23. The van der Waals surface area contributed by atoms with E-state index >= 15 is 0 Å². The SMILES string of the molecule is CCC(C)(C)N(C)c1ncccc1CNCC(C)C. The summed E-state index contributed by atoms with van der Waals surface area (Å²) in [5.74, 6) is 1.76. The van der Waals surface area contributed by atoms with Gasteiger partial charge in [-0.2, -0.15) is 0 Å². The van der Waals surface area contributed by atoms with Gasteiger partial charge in [-0.15, -0.1) is 0 Å². The Hall–Kier alpha value is -1.09. The predicted molar refractivity (Wildman–Crippen MR) is 83.6 cm³/mol. The summed E-state index contributed by atoms with van der Waals surface area (Å²) in [6.45, 7) is 13.1. The van der Waals surface area contributed by atoms with Crippen LogP contribution in [-0.4, -0.2) is 24.1 Å². The van der Waals surface area contributed by atoms with E-state index < -0.39 is 0 Å². The van der Waals surface area contributed by atoms with Crippen LogP contribution < -0.4 is 10.2 Å². The summed E-state index contributed by atoms with van der Waals surface area (Å²) in [6.07, 6.45) is 2.97. The van der Waals surface area contributed by atoms with Crippen LogP contribution in [0.5, 0.6) is 0 Å². The van der Waals surface area contributed by atoms with Crippen molar-refractivity contribution in [3.05, 3.63) is 23.9 Å². The zero-order valence-corrected chi connectivity index (χ0v) is 13.3. The van der Waals surface area contributed by atoms with E-state index in [1.54, 1.807) is 0 Å². The predicted octanol–water partition coefficient (Wildman–Crippen LogP) is 3.45. The van der Waals surface area contributed by atoms with Gasteiger partial charge in [-0.1, -0.05) is 26.8 Å². The maximum atomic E-state index is 4.58. The molecule has 1 rings (SSSR count). The molecule has 0 bridgehead atoms. The van der Waals surface area contributed by atoms with Crippen molar-refractivity contribution in [2.24, 2.45) is 5.92 Å². The third-order valence-corrected chi connectivity index (χ3v) is 3.83. The van der Waals surface area contributed by atoms with Crippen LogP contribution >= 0.6 is 0 Å². The lowest BCUT2D eigenvalue weighted by Gasteiger charge is -2.37. The maximum Gasteiger partial charge on any atom is 0.133 e. The second-order valence-electron chi connectivity index (χ2n) is 6.24. The molecule has 0 spiro atoms. The zero-order chi connectivity index (χ0) is 14.5. The number of anilines is 1. The lowest BCUT2D eigenvalue weighted by Crippen LogP contribution is -2.41. The molecule has 1 aromatic rings. The molecule has 0 saturated heterocycles. The minimum atomic E-state index is 0.126. The monoisotopic (exact) mass is 263 g/mol. The minimum absolute atomic E-state index is 0.126. The summed E-state index contributed by atoms with van der Waals surface area (Å²) in [5.41, 5.74) is 1.40. The van der Waals surface area contributed by atoms with E-state index in [2.05, 4.69) is 62.9 Å². The van der Waals surface area contributed by atoms with Crippen LogP contribution in [0.15, 0.2) is 18.3 Å². The first-order chi connectivity index (χ1) is 8.88. The lowest BCUT2D eigenvalue weighted by atomic mass is 9.99. The molecule has 0 aliphatic heterocycles. The van der Waals surface area contributed by atoms with Gasteiger partial charge in [0.1, 0.15) is 5.82 Å². The number of nitrogens with one attached hydrogen (secondary N) is 1. The molecule has 3 heteroatoms. The van der Waals surface area contributed by atoms with Crippen LogP contribution in [0.1, 0.15) is 46.6 Å². The largest absolute Gasteiger partial charge is 0.354 e. The highest BCUT2D eigenvalue weighted by atomic mass is 15.2. The van der Waals surface area contributed by atoms with E-state index in [9.17, 15) is 0 Å². The quantitative estimate of drug-likeness (QED) is 0.816. The number of hydrogen-bond donors (Lipinski definition) is 1. The Kier molecular flexibility index (Phi) is 5.80. The standard InChI is InChI=1S/C16H29N3/c1-7-16(4,5)19(6)15-14(9-8-10-18-15)12-17-11-13(2)3/h8-10,13,17H,7,11-12H2,1-6H3. The Bertz CT molecular complexity index is 385. The normalized spacial score (nSPS) is 11.9. The van der Waals surface area contributed by atoms with Gasteiger partial charge < -0.3 is 10.2 Å². The smallest absolute Gasteiger partial charge is 0.133 e. The first-order valence-electron chi connectivity index (χ1n) is 7.27. The molecule has 0 aliphatic rings. The molecule has 0 unspecified atom stereocenters. The molecule has 108 valence electrons. The third-order valence-electron chi connectivity index (χ3n) is 3.83.